The van der Waals surface area contributed by atoms with Gasteiger partial charge in [-0.25, -0.2) is 4.98 Å². The molecule has 1 fully saturated rings. The highest BCUT2D eigenvalue weighted by atomic mass is 35.5. The van der Waals surface area contributed by atoms with Gasteiger partial charge in [-0.2, -0.15) is 0 Å². The van der Waals surface area contributed by atoms with Gasteiger partial charge in [0, 0.05) is 37.3 Å². The van der Waals surface area contributed by atoms with Crippen molar-refractivity contribution in [3.8, 4) is 0 Å². The van der Waals surface area contributed by atoms with Crippen LogP contribution in [0.15, 0.2) is 36.5 Å². The van der Waals surface area contributed by atoms with Gasteiger partial charge < -0.3 is 9.80 Å². The van der Waals surface area contributed by atoms with Crippen LogP contribution in [0.25, 0.3) is 0 Å². The van der Waals surface area contributed by atoms with E-state index in [1.165, 1.54) is 16.7 Å². The zero-order valence-corrected chi connectivity index (χ0v) is 12.8. The summed E-state index contributed by atoms with van der Waals surface area (Å²) in [6.45, 7) is 3.10. The number of aromatic nitrogens is 1. The van der Waals surface area contributed by atoms with Crippen LogP contribution in [0.4, 0.5) is 5.82 Å². The molecule has 0 saturated carbocycles. The third-order valence-corrected chi connectivity index (χ3v) is 4.81. The van der Waals surface area contributed by atoms with Gasteiger partial charge in [-0.3, -0.25) is 0 Å². The first-order valence-corrected chi connectivity index (χ1v) is 7.77. The van der Waals surface area contributed by atoms with Gasteiger partial charge in [-0.05, 0) is 41.9 Å². The predicted molar refractivity (Wildman–Crippen MR) is 86.1 cm³/mol. The molecule has 0 aliphatic carbocycles. The van der Waals surface area contributed by atoms with E-state index < -0.39 is 0 Å². The molecule has 1 unspecified atom stereocenters. The van der Waals surface area contributed by atoms with Crippen molar-refractivity contribution in [2.24, 2.45) is 0 Å². The van der Waals surface area contributed by atoms with Crippen LogP contribution in [0.3, 0.4) is 0 Å². The van der Waals surface area contributed by atoms with E-state index in [9.17, 15) is 0 Å². The molecule has 4 heteroatoms. The van der Waals surface area contributed by atoms with Gasteiger partial charge in [0.2, 0.25) is 0 Å². The Balaban J connectivity index is 1.91. The summed E-state index contributed by atoms with van der Waals surface area (Å²) in [6.07, 6.45) is 2.84. The maximum absolute atomic E-state index is 6.26. The molecule has 1 atom stereocenters. The van der Waals surface area contributed by atoms with E-state index in [-0.39, 0.29) is 0 Å². The molecule has 0 spiro atoms. The molecule has 0 amide bonds. The molecule has 0 bridgehead atoms. The molecule has 1 aromatic carbocycles. The van der Waals surface area contributed by atoms with Gasteiger partial charge in [0.15, 0.2) is 0 Å². The van der Waals surface area contributed by atoms with Crippen molar-refractivity contribution in [2.45, 2.75) is 12.5 Å². The minimum absolute atomic E-state index is 0.341. The van der Waals surface area contributed by atoms with Crippen LogP contribution < -0.4 is 4.90 Å². The average Bonchev–Trinajstić information content (AvgIpc) is 2.62. The third kappa shape index (κ3) is 2.21. The van der Waals surface area contributed by atoms with E-state index in [2.05, 4.69) is 40.0 Å². The lowest BCUT2D eigenvalue weighted by Crippen LogP contribution is -2.47. The highest BCUT2D eigenvalue weighted by molar-refractivity contribution is 6.30. The summed E-state index contributed by atoms with van der Waals surface area (Å²) in [5.41, 5.74) is 4.04. The number of hydrogen-bond acceptors (Lipinski definition) is 3. The second-order valence-electron chi connectivity index (χ2n) is 5.98. The van der Waals surface area contributed by atoms with E-state index in [0.717, 1.165) is 36.9 Å². The number of rotatable bonds is 0. The number of hydrogen-bond donors (Lipinski definition) is 0. The molecule has 3 nitrogen and oxygen atoms in total. The fraction of sp³-hybridized carbons (Fsp3) is 0.353. The lowest BCUT2D eigenvalue weighted by Gasteiger charge is -2.41. The smallest absolute Gasteiger partial charge is 0.132 e. The molecule has 2 aliphatic rings. The Morgan fingerprint density at radius 2 is 2.10 bits per heavy atom. The summed E-state index contributed by atoms with van der Waals surface area (Å²) >= 11 is 6.26. The van der Waals surface area contributed by atoms with Crippen molar-refractivity contribution in [1.82, 2.24) is 9.88 Å². The van der Waals surface area contributed by atoms with Crippen LogP contribution in [0.2, 0.25) is 5.02 Å². The number of likely N-dealkylation sites (N-methyl/N-ethyl adjacent to an activating group) is 1. The summed E-state index contributed by atoms with van der Waals surface area (Å²) in [5, 5.41) is 0.820. The van der Waals surface area contributed by atoms with Gasteiger partial charge in [0.05, 0.1) is 6.04 Å². The van der Waals surface area contributed by atoms with Gasteiger partial charge >= 0.3 is 0 Å². The van der Waals surface area contributed by atoms with Crippen molar-refractivity contribution in [2.75, 3.05) is 31.6 Å². The van der Waals surface area contributed by atoms with Crippen molar-refractivity contribution in [3.63, 3.8) is 0 Å². The lowest BCUT2D eigenvalue weighted by molar-refractivity contribution is 0.268. The van der Waals surface area contributed by atoms with E-state index in [0.29, 0.717) is 6.04 Å². The number of nitrogens with zero attached hydrogens (tertiary/aromatic N) is 3. The summed E-state index contributed by atoms with van der Waals surface area (Å²) in [6, 6.07) is 10.9. The Kier molecular flexibility index (Phi) is 3.12. The minimum Gasteiger partial charge on any atom is -0.347 e. The normalized spacial score (nSPS) is 21.2. The molecule has 3 heterocycles. The maximum Gasteiger partial charge on any atom is 0.132 e. The van der Waals surface area contributed by atoms with Crippen LogP contribution >= 0.6 is 11.6 Å². The zero-order chi connectivity index (χ0) is 14.4. The number of halogens is 1. The van der Waals surface area contributed by atoms with Crippen molar-refractivity contribution in [1.29, 1.82) is 0 Å². The van der Waals surface area contributed by atoms with Crippen molar-refractivity contribution in [3.05, 3.63) is 58.2 Å². The summed E-state index contributed by atoms with van der Waals surface area (Å²) in [4.78, 5) is 9.51. The average molecular weight is 300 g/mol. The fourth-order valence-electron chi connectivity index (χ4n) is 3.51. The van der Waals surface area contributed by atoms with Crippen LogP contribution in [-0.2, 0) is 6.42 Å². The number of piperazine rings is 1. The number of benzene rings is 1. The lowest BCUT2D eigenvalue weighted by atomic mass is 9.96. The molecule has 0 radical (unpaired) electrons. The minimum atomic E-state index is 0.341. The summed E-state index contributed by atoms with van der Waals surface area (Å²) in [5.74, 6) is 1.14. The van der Waals surface area contributed by atoms with Gasteiger partial charge in [0.1, 0.15) is 5.82 Å². The van der Waals surface area contributed by atoms with Gasteiger partial charge in [-0.15, -0.1) is 0 Å². The highest BCUT2D eigenvalue weighted by Crippen LogP contribution is 2.38. The summed E-state index contributed by atoms with van der Waals surface area (Å²) < 4.78 is 0. The second-order valence-corrected chi connectivity index (χ2v) is 6.41. The molecule has 2 aromatic rings. The topological polar surface area (TPSA) is 19.4 Å². The van der Waals surface area contributed by atoms with E-state index in [4.69, 9.17) is 11.6 Å². The Hall–Kier alpha value is -1.58. The first kappa shape index (κ1) is 13.1. The van der Waals surface area contributed by atoms with E-state index in [1.807, 2.05) is 18.3 Å². The van der Waals surface area contributed by atoms with Gasteiger partial charge in [0.25, 0.3) is 0 Å². The van der Waals surface area contributed by atoms with Crippen LogP contribution in [0.5, 0.6) is 0 Å². The Morgan fingerprint density at radius 3 is 3.00 bits per heavy atom. The molecule has 21 heavy (non-hydrogen) atoms. The number of pyridine rings is 1. The quantitative estimate of drug-likeness (QED) is 0.745. The predicted octanol–water partition coefficient (Wildman–Crippen LogP) is 3.13. The Labute approximate surface area is 130 Å². The van der Waals surface area contributed by atoms with Crippen LogP contribution in [0, 0.1) is 0 Å². The SMILES string of the molecule is CN1CCN2c3ncccc3Cc3ccc(Cl)cc3C2C1. The molecule has 1 aromatic heterocycles. The van der Waals surface area contributed by atoms with Crippen LogP contribution in [-0.4, -0.2) is 36.6 Å². The third-order valence-electron chi connectivity index (χ3n) is 4.57. The van der Waals surface area contributed by atoms with Crippen molar-refractivity contribution >= 4 is 17.4 Å². The first-order chi connectivity index (χ1) is 10.2. The van der Waals surface area contributed by atoms with Gasteiger partial charge in [-0.1, -0.05) is 23.7 Å². The molecule has 108 valence electrons. The molecular formula is C17H18ClN3. The molecule has 0 N–H and O–H groups in total. The maximum atomic E-state index is 6.26. The second kappa shape index (κ2) is 5.00. The van der Waals surface area contributed by atoms with E-state index >= 15 is 0 Å². The van der Waals surface area contributed by atoms with Crippen LogP contribution in [0.1, 0.15) is 22.7 Å². The molecule has 1 saturated heterocycles. The first-order valence-electron chi connectivity index (χ1n) is 7.40. The largest absolute Gasteiger partial charge is 0.347 e. The molecule has 4 rings (SSSR count). The monoisotopic (exact) mass is 299 g/mol. The molecular weight excluding hydrogens is 282 g/mol. The molecule has 2 aliphatic heterocycles. The van der Waals surface area contributed by atoms with E-state index in [1.54, 1.807) is 0 Å². The standard InChI is InChI=1S/C17H18ClN3/c1-20-7-8-21-16(11-20)15-10-14(18)5-4-12(15)9-13-3-2-6-19-17(13)21/h2-6,10,16H,7-9,11H2,1H3. The Bertz CT molecular complexity index is 685. The number of fused-ring (bicyclic) bond motifs is 5. The number of anilines is 1. The van der Waals surface area contributed by atoms with Crippen molar-refractivity contribution < 1.29 is 0 Å². The zero-order valence-electron chi connectivity index (χ0n) is 12.1. The fourth-order valence-corrected chi connectivity index (χ4v) is 3.69. The Morgan fingerprint density at radius 1 is 1.19 bits per heavy atom. The highest BCUT2D eigenvalue weighted by Gasteiger charge is 2.33. The summed E-state index contributed by atoms with van der Waals surface area (Å²) in [7, 11) is 2.19.